The van der Waals surface area contributed by atoms with E-state index in [1.165, 1.54) is 12.1 Å². The molecule has 0 fully saturated rings. The van der Waals surface area contributed by atoms with Crippen LogP contribution in [0.25, 0.3) is 22.3 Å². The third-order valence-corrected chi connectivity index (χ3v) is 11.9. The Kier molecular flexibility index (Phi) is 7.98. The van der Waals surface area contributed by atoms with Gasteiger partial charge in [-0.2, -0.15) is 0 Å². The quantitative estimate of drug-likeness (QED) is 0.179. The second kappa shape index (κ2) is 12.7. The van der Waals surface area contributed by atoms with Crippen LogP contribution in [0.2, 0.25) is 0 Å². The molecule has 0 aliphatic carbocycles. The van der Waals surface area contributed by atoms with Gasteiger partial charge in [0.2, 0.25) is 0 Å². The van der Waals surface area contributed by atoms with E-state index in [-0.39, 0.29) is 11.6 Å². The summed E-state index contributed by atoms with van der Waals surface area (Å²) in [6.07, 6.45) is 0. The summed E-state index contributed by atoms with van der Waals surface area (Å²) in [6, 6.07) is 49.8. The molecule has 2 heterocycles. The number of rotatable bonds is 4. The Morgan fingerprint density at radius 1 is 0.423 bits per heavy atom. The normalized spacial score (nSPS) is 13.2. The first-order valence-corrected chi connectivity index (χ1v) is 18.9. The third-order valence-electron chi connectivity index (χ3n) is 9.61. The minimum atomic E-state index is -0.473. The molecule has 0 saturated heterocycles. The number of fused-ring (bicyclic) bond motifs is 4. The van der Waals surface area contributed by atoms with Crippen molar-refractivity contribution in [3.05, 3.63) is 169 Å². The van der Waals surface area contributed by atoms with Crippen LogP contribution in [0.4, 0.5) is 42.9 Å². The zero-order chi connectivity index (χ0) is 35.6. The molecule has 0 radical (unpaired) electrons. The Bertz CT molecular complexity index is 2270. The number of hydrogen-bond donors (Lipinski definition) is 0. The molecular weight excluding hydrogens is 683 g/mol. The number of hydrogen-bond acceptors (Lipinski definition) is 4. The van der Waals surface area contributed by atoms with E-state index in [4.69, 9.17) is 0 Å². The summed E-state index contributed by atoms with van der Waals surface area (Å²) < 4.78 is 30.7. The molecule has 2 aliphatic heterocycles. The van der Waals surface area contributed by atoms with Crippen molar-refractivity contribution in [1.82, 2.24) is 0 Å². The highest BCUT2D eigenvalue weighted by Crippen LogP contribution is 2.61. The van der Waals surface area contributed by atoms with Gasteiger partial charge in [-0.15, -0.1) is 0 Å². The van der Waals surface area contributed by atoms with E-state index in [1.807, 2.05) is 12.1 Å². The largest absolute Gasteiger partial charge is 0.307 e. The highest BCUT2D eigenvalue weighted by molar-refractivity contribution is 8.00. The lowest BCUT2D eigenvalue weighted by Gasteiger charge is -2.43. The van der Waals surface area contributed by atoms with Crippen LogP contribution in [0.1, 0.15) is 26.3 Å². The Hall–Kier alpha value is -5.30. The van der Waals surface area contributed by atoms with E-state index in [2.05, 4.69) is 134 Å². The smallest absolute Gasteiger partial charge is 0.123 e. The molecule has 0 bridgehead atoms. The fraction of sp³-hybridized carbons (Fsp3) is 0.0870. The highest BCUT2D eigenvalue weighted by Gasteiger charge is 2.38. The molecule has 7 aromatic rings. The standard InChI is InChI=1S/C46H34F2N2S2/c1-46(2,3)43-44(49-35-18-4-8-22-39(35)51-40-23-9-5-19-36(40)49)33(29-14-12-16-31(47)26-29)28-34(30-15-13-17-32(48)27-30)45(43)50-37-20-6-10-24-41(37)52-42-25-11-7-21-38(42)50/h4-28H,1-3H3. The topological polar surface area (TPSA) is 6.48 Å². The van der Waals surface area contributed by atoms with Gasteiger partial charge in [-0.1, -0.05) is 117 Å². The van der Waals surface area contributed by atoms with E-state index < -0.39 is 5.41 Å². The first-order chi connectivity index (χ1) is 25.3. The van der Waals surface area contributed by atoms with Gasteiger partial charge in [-0.05, 0) is 95.4 Å². The van der Waals surface area contributed by atoms with Gasteiger partial charge in [-0.25, -0.2) is 8.78 Å². The molecule has 2 nitrogen and oxygen atoms in total. The maximum absolute atomic E-state index is 15.3. The Balaban J connectivity index is 1.51. The van der Waals surface area contributed by atoms with Crippen LogP contribution in [-0.4, -0.2) is 0 Å². The number of benzene rings is 7. The maximum Gasteiger partial charge on any atom is 0.123 e. The lowest BCUT2D eigenvalue weighted by molar-refractivity contribution is 0.592. The van der Waals surface area contributed by atoms with Crippen LogP contribution < -0.4 is 9.80 Å². The summed E-state index contributed by atoms with van der Waals surface area (Å²) in [5.41, 5.74) is 9.91. The molecule has 7 aromatic carbocycles. The van der Waals surface area contributed by atoms with Gasteiger partial charge in [0, 0.05) is 36.3 Å². The molecule has 52 heavy (non-hydrogen) atoms. The van der Waals surface area contributed by atoms with Crippen LogP contribution in [-0.2, 0) is 5.41 Å². The first kappa shape index (κ1) is 32.6. The molecule has 0 unspecified atom stereocenters. The van der Waals surface area contributed by atoms with Gasteiger partial charge in [0.25, 0.3) is 0 Å². The minimum absolute atomic E-state index is 0.317. The van der Waals surface area contributed by atoms with Crippen LogP contribution in [0, 0.1) is 11.6 Å². The van der Waals surface area contributed by atoms with Gasteiger partial charge in [0.05, 0.1) is 34.1 Å². The van der Waals surface area contributed by atoms with E-state index in [9.17, 15) is 0 Å². The van der Waals surface area contributed by atoms with Gasteiger partial charge < -0.3 is 9.80 Å². The average Bonchev–Trinajstić information content (AvgIpc) is 3.15. The molecule has 0 atom stereocenters. The molecular formula is C46H34F2N2S2. The Morgan fingerprint density at radius 3 is 1.10 bits per heavy atom. The van der Waals surface area contributed by atoms with Crippen molar-refractivity contribution in [1.29, 1.82) is 0 Å². The molecule has 0 aromatic heterocycles. The average molecular weight is 717 g/mol. The lowest BCUT2D eigenvalue weighted by atomic mass is 9.78. The van der Waals surface area contributed by atoms with Crippen LogP contribution in [0.5, 0.6) is 0 Å². The van der Waals surface area contributed by atoms with E-state index in [0.29, 0.717) is 0 Å². The van der Waals surface area contributed by atoms with Gasteiger partial charge in [0.1, 0.15) is 11.6 Å². The van der Waals surface area contributed by atoms with Crippen molar-refractivity contribution >= 4 is 57.6 Å². The van der Waals surface area contributed by atoms with Crippen molar-refractivity contribution in [3.63, 3.8) is 0 Å². The van der Waals surface area contributed by atoms with E-state index in [1.54, 1.807) is 47.8 Å². The second-order valence-corrected chi connectivity index (χ2v) is 16.2. The first-order valence-electron chi connectivity index (χ1n) is 17.3. The minimum Gasteiger partial charge on any atom is -0.307 e. The predicted molar refractivity (Wildman–Crippen MR) is 214 cm³/mol. The van der Waals surface area contributed by atoms with Crippen molar-refractivity contribution in [2.24, 2.45) is 0 Å². The van der Waals surface area contributed by atoms with Crippen LogP contribution >= 0.6 is 23.5 Å². The van der Waals surface area contributed by atoms with Gasteiger partial charge in [0.15, 0.2) is 0 Å². The molecule has 9 rings (SSSR count). The second-order valence-electron chi connectivity index (χ2n) is 14.1. The molecule has 0 spiro atoms. The fourth-order valence-corrected chi connectivity index (χ4v) is 9.60. The zero-order valence-electron chi connectivity index (χ0n) is 28.9. The molecule has 0 amide bonds. The van der Waals surface area contributed by atoms with Crippen molar-refractivity contribution < 1.29 is 8.78 Å². The highest BCUT2D eigenvalue weighted by atomic mass is 32.2. The molecule has 0 N–H and O–H groups in total. The lowest BCUT2D eigenvalue weighted by Crippen LogP contribution is -2.27. The monoisotopic (exact) mass is 716 g/mol. The number of para-hydroxylation sites is 4. The molecule has 6 heteroatoms. The van der Waals surface area contributed by atoms with Crippen molar-refractivity contribution in [2.45, 2.75) is 45.8 Å². The number of anilines is 6. The summed E-state index contributed by atoms with van der Waals surface area (Å²) in [5.74, 6) is -0.633. The maximum atomic E-state index is 15.3. The summed E-state index contributed by atoms with van der Waals surface area (Å²) in [5, 5.41) is 0. The summed E-state index contributed by atoms with van der Waals surface area (Å²) in [6.45, 7) is 6.73. The van der Waals surface area contributed by atoms with Crippen LogP contribution in [0.15, 0.2) is 171 Å². The Morgan fingerprint density at radius 2 is 0.769 bits per heavy atom. The molecule has 0 saturated carbocycles. The summed E-state index contributed by atoms with van der Waals surface area (Å²) in [7, 11) is 0. The predicted octanol–water partition coefficient (Wildman–Crippen LogP) is 14.5. The van der Waals surface area contributed by atoms with E-state index >= 15 is 8.78 Å². The zero-order valence-corrected chi connectivity index (χ0v) is 30.5. The summed E-state index contributed by atoms with van der Waals surface area (Å²) >= 11 is 3.51. The molecule has 254 valence electrons. The summed E-state index contributed by atoms with van der Waals surface area (Å²) in [4.78, 5) is 9.27. The fourth-order valence-electron chi connectivity index (χ4n) is 7.48. The van der Waals surface area contributed by atoms with Crippen molar-refractivity contribution in [2.75, 3.05) is 9.80 Å². The number of halogens is 2. The SMILES string of the molecule is CC(C)(C)c1c(N2c3ccccc3Sc3ccccc32)c(-c2cccc(F)c2)cc(-c2cccc(F)c2)c1N1c2ccccc2Sc2ccccc21. The van der Waals surface area contributed by atoms with Gasteiger partial charge >= 0.3 is 0 Å². The Labute approximate surface area is 311 Å². The van der Waals surface area contributed by atoms with Crippen molar-refractivity contribution in [3.8, 4) is 22.3 Å². The van der Waals surface area contributed by atoms with Gasteiger partial charge in [-0.3, -0.25) is 0 Å². The molecule has 2 aliphatic rings. The third kappa shape index (κ3) is 5.49. The van der Waals surface area contributed by atoms with Crippen LogP contribution in [0.3, 0.4) is 0 Å². The van der Waals surface area contributed by atoms with E-state index in [0.717, 1.165) is 81.5 Å². The number of nitrogens with zero attached hydrogens (tertiary/aromatic N) is 2.